The van der Waals surface area contributed by atoms with E-state index in [0.29, 0.717) is 77.0 Å². The number of halogens is 2. The lowest BCUT2D eigenvalue weighted by Crippen LogP contribution is -2.26. The fourth-order valence-corrected chi connectivity index (χ4v) is 7.37. The Bertz CT molecular complexity index is 1010. The van der Waals surface area contributed by atoms with Crippen LogP contribution >= 0.6 is 23.2 Å². The number of carbonyl (C=O) groups is 8. The maximum atomic E-state index is 11.1. The van der Waals surface area contributed by atoms with E-state index in [1.54, 1.807) is 0 Å². The van der Waals surface area contributed by atoms with Gasteiger partial charge in [0.05, 0.1) is 63.9 Å². The number of hydrogen-bond acceptors (Lipinski definition) is 12. The van der Waals surface area contributed by atoms with E-state index in [4.69, 9.17) is 33.4 Å². The molecule has 4 fully saturated rings. The van der Waals surface area contributed by atoms with E-state index in [0.717, 1.165) is 25.7 Å². The third kappa shape index (κ3) is 16.6. The van der Waals surface area contributed by atoms with E-state index in [-0.39, 0.29) is 81.7 Å². The molecule has 0 aliphatic heterocycles. The number of carbonyl (C=O) groups excluding carboxylic acids is 6. The molecular formula is C36H54Cl2O14. The second-order valence-electron chi connectivity index (χ2n) is 13.6. The Kier molecular flexibility index (Phi) is 22.4. The van der Waals surface area contributed by atoms with Crippen molar-refractivity contribution in [1.29, 1.82) is 0 Å². The highest BCUT2D eigenvalue weighted by molar-refractivity contribution is 6.64. The molecule has 0 unspecified atom stereocenters. The Hall–Kier alpha value is -3.26. The maximum absolute atomic E-state index is 11.1. The Morgan fingerprint density at radius 3 is 0.635 bits per heavy atom. The highest BCUT2D eigenvalue weighted by atomic mass is 35.5. The van der Waals surface area contributed by atoms with Crippen LogP contribution in [0.15, 0.2) is 0 Å². The van der Waals surface area contributed by atoms with Gasteiger partial charge in [-0.15, -0.1) is 0 Å². The van der Waals surface area contributed by atoms with Crippen molar-refractivity contribution in [1.82, 2.24) is 0 Å². The average molecular weight is 782 g/mol. The van der Waals surface area contributed by atoms with Gasteiger partial charge in [0.15, 0.2) is 0 Å². The van der Waals surface area contributed by atoms with E-state index in [1.165, 1.54) is 28.4 Å². The zero-order valence-electron chi connectivity index (χ0n) is 30.5. The van der Waals surface area contributed by atoms with Gasteiger partial charge in [-0.3, -0.25) is 38.4 Å². The molecule has 0 bridgehead atoms. The molecule has 0 saturated heterocycles. The van der Waals surface area contributed by atoms with Crippen molar-refractivity contribution in [2.75, 3.05) is 28.4 Å². The van der Waals surface area contributed by atoms with Crippen LogP contribution in [-0.4, -0.2) is 85.0 Å². The molecule has 0 spiro atoms. The largest absolute Gasteiger partial charge is 0.481 e. The third-order valence-electron chi connectivity index (χ3n) is 10.4. The summed E-state index contributed by atoms with van der Waals surface area (Å²) in [6.45, 7) is 0. The number of methoxy groups -OCH3 is 4. The number of rotatable bonds is 8. The molecule has 16 heteroatoms. The molecule has 4 saturated carbocycles. The van der Waals surface area contributed by atoms with Gasteiger partial charge in [-0.25, -0.2) is 0 Å². The molecule has 0 radical (unpaired) electrons. The summed E-state index contributed by atoms with van der Waals surface area (Å²) in [5.74, 6) is -3.09. The molecular weight excluding hydrogens is 727 g/mol. The normalized spacial score (nSPS) is 28.1. The molecule has 0 atom stereocenters. The lowest BCUT2D eigenvalue weighted by atomic mass is 9.82. The van der Waals surface area contributed by atoms with Gasteiger partial charge in [0, 0.05) is 11.8 Å². The van der Waals surface area contributed by atoms with Crippen LogP contribution in [0.5, 0.6) is 0 Å². The first-order chi connectivity index (χ1) is 24.6. The van der Waals surface area contributed by atoms with E-state index in [2.05, 4.69) is 18.9 Å². The number of esters is 4. The van der Waals surface area contributed by atoms with Crippen LogP contribution in [0, 0.1) is 47.3 Å². The first-order valence-electron chi connectivity index (χ1n) is 17.7. The van der Waals surface area contributed by atoms with Gasteiger partial charge in [0.2, 0.25) is 10.5 Å². The van der Waals surface area contributed by atoms with Crippen molar-refractivity contribution in [3.05, 3.63) is 0 Å². The molecule has 0 aromatic carbocycles. The van der Waals surface area contributed by atoms with Crippen molar-refractivity contribution in [3.8, 4) is 0 Å². The quantitative estimate of drug-likeness (QED) is 0.175. The molecule has 4 aliphatic rings. The van der Waals surface area contributed by atoms with Crippen molar-refractivity contribution in [3.63, 3.8) is 0 Å². The van der Waals surface area contributed by atoms with Gasteiger partial charge in [-0.1, -0.05) is 0 Å². The Labute approximate surface area is 314 Å². The summed E-state index contributed by atoms with van der Waals surface area (Å²) in [4.78, 5) is 87.1. The van der Waals surface area contributed by atoms with E-state index in [9.17, 15) is 38.4 Å². The van der Waals surface area contributed by atoms with Crippen LogP contribution < -0.4 is 0 Å². The van der Waals surface area contributed by atoms with Crippen molar-refractivity contribution in [2.24, 2.45) is 47.3 Å². The third-order valence-corrected chi connectivity index (χ3v) is 11.0. The van der Waals surface area contributed by atoms with Crippen LogP contribution in [0.2, 0.25) is 0 Å². The molecule has 52 heavy (non-hydrogen) atoms. The van der Waals surface area contributed by atoms with Crippen LogP contribution in [0.4, 0.5) is 0 Å². The molecule has 4 aliphatic carbocycles. The molecule has 0 heterocycles. The number of ether oxygens (including phenoxy) is 4. The van der Waals surface area contributed by atoms with Gasteiger partial charge in [-0.2, -0.15) is 0 Å². The first kappa shape index (κ1) is 46.8. The molecule has 296 valence electrons. The minimum absolute atomic E-state index is 0.0303. The number of aliphatic carboxylic acids is 2. The van der Waals surface area contributed by atoms with Crippen molar-refractivity contribution in [2.45, 2.75) is 103 Å². The first-order valence-corrected chi connectivity index (χ1v) is 18.5. The number of carboxylic acid groups (broad SMARTS) is 2. The summed E-state index contributed by atoms with van der Waals surface area (Å²) in [5.41, 5.74) is 0. The van der Waals surface area contributed by atoms with E-state index >= 15 is 0 Å². The van der Waals surface area contributed by atoms with Crippen LogP contribution in [0.25, 0.3) is 0 Å². The summed E-state index contributed by atoms with van der Waals surface area (Å²) < 4.78 is 18.5. The summed E-state index contributed by atoms with van der Waals surface area (Å²) >= 11 is 10.7. The van der Waals surface area contributed by atoms with Gasteiger partial charge >= 0.3 is 35.8 Å². The van der Waals surface area contributed by atoms with Gasteiger partial charge in [0.25, 0.3) is 0 Å². The highest BCUT2D eigenvalue weighted by Crippen LogP contribution is 2.33. The molecule has 0 amide bonds. The Morgan fingerprint density at radius 1 is 0.346 bits per heavy atom. The van der Waals surface area contributed by atoms with Crippen molar-refractivity contribution < 1.29 is 67.5 Å². The minimum atomic E-state index is -0.747. The van der Waals surface area contributed by atoms with Gasteiger partial charge in [0.1, 0.15) is 0 Å². The predicted molar refractivity (Wildman–Crippen MR) is 187 cm³/mol. The molecule has 0 aromatic heterocycles. The highest BCUT2D eigenvalue weighted by Gasteiger charge is 2.32. The van der Waals surface area contributed by atoms with Gasteiger partial charge in [-0.05, 0) is 126 Å². The Morgan fingerprint density at radius 2 is 0.500 bits per heavy atom. The van der Waals surface area contributed by atoms with E-state index in [1.807, 2.05) is 0 Å². The average Bonchev–Trinajstić information content (AvgIpc) is 3.17. The molecule has 4 rings (SSSR count). The van der Waals surface area contributed by atoms with E-state index < -0.39 is 11.9 Å². The standard InChI is InChI=1S/2C9H13ClO3.2C9H14O4/c4*1-13-9(12)7-4-2-6(3-5-7)8(10)11/h2*6-7H,2-5H2,1H3;2*6-7H,2-5H2,1H3,(H,10,11). The molecule has 0 aromatic rings. The molecule has 14 nitrogen and oxygen atoms in total. The summed E-state index contributed by atoms with van der Waals surface area (Å²) in [6.07, 6.45) is 10.7. The summed E-state index contributed by atoms with van der Waals surface area (Å²) in [6, 6.07) is 0. The fourth-order valence-electron chi connectivity index (χ4n) is 6.93. The second kappa shape index (κ2) is 24.9. The fraction of sp³-hybridized carbons (Fsp3) is 0.778. The topological polar surface area (TPSA) is 214 Å². The van der Waals surface area contributed by atoms with Crippen LogP contribution in [0.1, 0.15) is 103 Å². The van der Waals surface area contributed by atoms with Crippen molar-refractivity contribution >= 4 is 69.5 Å². The summed E-state index contributed by atoms with van der Waals surface area (Å²) in [5, 5.41) is 16.9. The molecule has 2 N–H and O–H groups in total. The maximum Gasteiger partial charge on any atom is 0.308 e. The zero-order valence-corrected chi connectivity index (χ0v) is 32.0. The SMILES string of the molecule is COC(=O)C1CCC(C(=O)Cl)CC1.COC(=O)C1CCC(C(=O)Cl)CC1.COC(=O)C1CCC(C(=O)O)CC1.COC(=O)C1CCC(C(=O)O)CC1. The van der Waals surface area contributed by atoms with Crippen LogP contribution in [0.3, 0.4) is 0 Å². The lowest BCUT2D eigenvalue weighted by molar-refractivity contribution is -0.150. The second-order valence-corrected chi connectivity index (χ2v) is 14.3. The number of carboxylic acids is 2. The zero-order chi connectivity index (χ0) is 39.4. The predicted octanol–water partition coefficient (Wildman–Crippen LogP) is 5.56. The smallest absolute Gasteiger partial charge is 0.308 e. The lowest BCUT2D eigenvalue weighted by Gasteiger charge is -2.24. The Balaban J connectivity index is 0.000000347. The van der Waals surface area contributed by atoms with Crippen LogP contribution in [-0.2, 0) is 57.3 Å². The summed E-state index contributed by atoms with van der Waals surface area (Å²) in [7, 11) is 5.51. The van der Waals surface area contributed by atoms with Gasteiger partial charge < -0.3 is 29.2 Å². The number of hydrogen-bond donors (Lipinski definition) is 2. The monoisotopic (exact) mass is 780 g/mol. The minimum Gasteiger partial charge on any atom is -0.481 e.